The second-order valence-corrected chi connectivity index (χ2v) is 13.2. The Labute approximate surface area is 191 Å². The van der Waals surface area contributed by atoms with Crippen molar-refractivity contribution in [3.05, 3.63) is 22.8 Å². The highest BCUT2D eigenvalue weighted by Gasteiger charge is 2.62. The first-order chi connectivity index (χ1) is 14.4. The minimum atomic E-state index is -0.288. The Balaban J connectivity index is 1.62. The Bertz CT molecular complexity index is 772. The largest absolute Gasteiger partial charge is 0.393 e. The van der Waals surface area contributed by atoms with Crippen molar-refractivity contribution in [3.8, 4) is 0 Å². The van der Waals surface area contributed by atoms with Gasteiger partial charge in [0.15, 0.2) is 0 Å². The van der Waals surface area contributed by atoms with Crippen LogP contribution in [0, 0.1) is 33.5 Å². The van der Waals surface area contributed by atoms with E-state index in [0.717, 1.165) is 31.6 Å². The lowest BCUT2D eigenvalue weighted by Crippen LogP contribution is -2.54. The Hall–Kier alpha value is -0.600. The summed E-state index contributed by atoms with van der Waals surface area (Å²) in [5.41, 5.74) is 5.82. The second-order valence-electron chi connectivity index (χ2n) is 13.2. The molecule has 4 rings (SSSR count). The molecule has 2 fully saturated rings. The third kappa shape index (κ3) is 3.41. The van der Waals surface area contributed by atoms with Crippen molar-refractivity contribution in [1.29, 1.82) is 0 Å². The van der Waals surface area contributed by atoms with Gasteiger partial charge in [-0.25, -0.2) is 0 Å². The first-order valence-corrected chi connectivity index (χ1v) is 13.1. The van der Waals surface area contributed by atoms with Gasteiger partial charge in [0.25, 0.3) is 0 Å². The minimum absolute atomic E-state index is 0.0203. The zero-order valence-corrected chi connectivity index (χ0v) is 21.4. The zero-order chi connectivity index (χ0) is 22.8. The molecule has 31 heavy (non-hydrogen) atoms. The van der Waals surface area contributed by atoms with E-state index >= 15 is 0 Å². The molecule has 4 aliphatic rings. The van der Waals surface area contributed by atoms with Gasteiger partial charge in [-0.2, -0.15) is 0 Å². The molecule has 0 bridgehead atoms. The van der Waals surface area contributed by atoms with Crippen LogP contribution >= 0.6 is 0 Å². The summed E-state index contributed by atoms with van der Waals surface area (Å²) in [5.74, 6) is 1.33. The van der Waals surface area contributed by atoms with Crippen molar-refractivity contribution in [2.75, 3.05) is 0 Å². The molecule has 2 nitrogen and oxygen atoms in total. The highest BCUT2D eigenvalue weighted by Crippen LogP contribution is 2.72. The Morgan fingerprint density at radius 3 is 2.35 bits per heavy atom. The molecule has 0 aromatic heterocycles. The van der Waals surface area contributed by atoms with E-state index in [-0.39, 0.29) is 23.0 Å². The van der Waals surface area contributed by atoms with Crippen molar-refractivity contribution < 1.29 is 10.2 Å². The predicted octanol–water partition coefficient (Wildman–Crippen LogP) is 7.20. The number of aliphatic hydroxyl groups is 2. The monoisotopic (exact) mass is 428 g/mol. The summed E-state index contributed by atoms with van der Waals surface area (Å²) < 4.78 is 0. The quantitative estimate of drug-likeness (QED) is 0.465. The lowest BCUT2D eigenvalue weighted by Gasteiger charge is -2.62. The molecular weight excluding hydrogens is 380 g/mol. The summed E-state index contributed by atoms with van der Waals surface area (Å²) in [6.45, 7) is 16.5. The SMILES string of the molecule is CC(C)=CC(O)CCC1CCC2(C)C3=C(CCC12C)C1(C)CCC(O)C(C)(C)C1CC3. The lowest BCUT2D eigenvalue weighted by atomic mass is 9.43. The predicted molar refractivity (Wildman–Crippen MR) is 130 cm³/mol. The van der Waals surface area contributed by atoms with Crippen LogP contribution in [0.3, 0.4) is 0 Å². The zero-order valence-electron chi connectivity index (χ0n) is 21.4. The maximum atomic E-state index is 10.8. The summed E-state index contributed by atoms with van der Waals surface area (Å²) in [5, 5.41) is 21.2. The number of fused-ring (bicyclic) bond motifs is 4. The maximum Gasteiger partial charge on any atom is 0.0723 e. The van der Waals surface area contributed by atoms with Gasteiger partial charge in [0.2, 0.25) is 0 Å². The molecule has 0 spiro atoms. The molecule has 4 aliphatic carbocycles. The molecule has 7 unspecified atom stereocenters. The van der Waals surface area contributed by atoms with Gasteiger partial charge in [0.05, 0.1) is 12.2 Å². The molecule has 0 aromatic carbocycles. The second kappa shape index (κ2) is 7.73. The van der Waals surface area contributed by atoms with Crippen LogP contribution in [0.5, 0.6) is 0 Å². The fourth-order valence-corrected chi connectivity index (χ4v) is 9.10. The smallest absolute Gasteiger partial charge is 0.0723 e. The maximum absolute atomic E-state index is 10.8. The fraction of sp³-hybridized carbons (Fsp3) is 0.862. The summed E-state index contributed by atoms with van der Waals surface area (Å²) in [6.07, 6.45) is 13.4. The first-order valence-electron chi connectivity index (χ1n) is 13.1. The van der Waals surface area contributed by atoms with Crippen LogP contribution in [0.2, 0.25) is 0 Å². The van der Waals surface area contributed by atoms with Crippen molar-refractivity contribution in [2.45, 2.75) is 125 Å². The van der Waals surface area contributed by atoms with Gasteiger partial charge in [0.1, 0.15) is 0 Å². The van der Waals surface area contributed by atoms with E-state index in [1.54, 1.807) is 5.57 Å². The molecule has 0 amide bonds. The fourth-order valence-electron chi connectivity index (χ4n) is 9.10. The van der Waals surface area contributed by atoms with Crippen molar-refractivity contribution >= 4 is 0 Å². The van der Waals surface area contributed by atoms with Gasteiger partial charge in [-0.05, 0) is 112 Å². The molecule has 7 atom stereocenters. The van der Waals surface area contributed by atoms with Gasteiger partial charge >= 0.3 is 0 Å². The molecule has 2 saturated carbocycles. The minimum Gasteiger partial charge on any atom is -0.393 e. The topological polar surface area (TPSA) is 40.5 Å². The average molecular weight is 429 g/mol. The van der Waals surface area contributed by atoms with E-state index in [9.17, 15) is 10.2 Å². The van der Waals surface area contributed by atoms with Crippen LogP contribution in [-0.4, -0.2) is 22.4 Å². The van der Waals surface area contributed by atoms with Crippen molar-refractivity contribution in [1.82, 2.24) is 0 Å². The van der Waals surface area contributed by atoms with E-state index in [1.165, 1.54) is 44.1 Å². The van der Waals surface area contributed by atoms with Crippen LogP contribution in [0.15, 0.2) is 22.8 Å². The summed E-state index contributed by atoms with van der Waals surface area (Å²) in [7, 11) is 0. The number of allylic oxidation sites excluding steroid dienone is 3. The molecule has 2 N–H and O–H groups in total. The average Bonchev–Trinajstić information content (AvgIpc) is 2.94. The van der Waals surface area contributed by atoms with Crippen LogP contribution in [0.1, 0.15) is 113 Å². The van der Waals surface area contributed by atoms with E-state index in [0.29, 0.717) is 16.7 Å². The molecule has 0 aromatic rings. The molecular formula is C29H48O2. The van der Waals surface area contributed by atoms with Gasteiger partial charge < -0.3 is 10.2 Å². The molecule has 0 saturated heterocycles. The normalized spacial score (nSPS) is 44.9. The summed E-state index contributed by atoms with van der Waals surface area (Å²) in [4.78, 5) is 0. The molecule has 0 radical (unpaired) electrons. The van der Waals surface area contributed by atoms with Gasteiger partial charge in [-0.3, -0.25) is 0 Å². The highest BCUT2D eigenvalue weighted by molar-refractivity contribution is 5.38. The molecule has 176 valence electrons. The van der Waals surface area contributed by atoms with Gasteiger partial charge in [-0.1, -0.05) is 57.4 Å². The van der Waals surface area contributed by atoms with E-state index < -0.39 is 0 Å². The lowest BCUT2D eigenvalue weighted by molar-refractivity contribution is -0.0957. The summed E-state index contributed by atoms with van der Waals surface area (Å²) in [6, 6.07) is 0. The Morgan fingerprint density at radius 2 is 1.68 bits per heavy atom. The van der Waals surface area contributed by atoms with E-state index in [2.05, 4.69) is 48.5 Å². The van der Waals surface area contributed by atoms with E-state index in [4.69, 9.17) is 0 Å². The Kier molecular flexibility index (Phi) is 5.87. The highest BCUT2D eigenvalue weighted by atomic mass is 16.3. The number of rotatable bonds is 4. The van der Waals surface area contributed by atoms with Crippen molar-refractivity contribution in [3.63, 3.8) is 0 Å². The van der Waals surface area contributed by atoms with Gasteiger partial charge in [-0.15, -0.1) is 0 Å². The first kappa shape index (κ1) is 23.6. The van der Waals surface area contributed by atoms with Crippen LogP contribution in [0.4, 0.5) is 0 Å². The Morgan fingerprint density at radius 1 is 0.968 bits per heavy atom. The number of aliphatic hydroxyl groups excluding tert-OH is 2. The van der Waals surface area contributed by atoms with Crippen LogP contribution < -0.4 is 0 Å². The standard InChI is InChI=1S/C29H48O2/c1-19(2)18-21(30)9-8-20-12-16-29(7)23-10-11-24-26(3,4)25(31)14-15-27(24,5)22(23)13-17-28(20,29)6/h18,20-21,24-25,30-31H,8-17H2,1-7H3. The molecule has 0 aliphatic heterocycles. The molecule has 0 heterocycles. The number of hydrogen-bond acceptors (Lipinski definition) is 2. The number of hydrogen-bond donors (Lipinski definition) is 2. The van der Waals surface area contributed by atoms with E-state index in [1.807, 2.05) is 11.6 Å². The summed E-state index contributed by atoms with van der Waals surface area (Å²) >= 11 is 0. The van der Waals surface area contributed by atoms with Crippen molar-refractivity contribution in [2.24, 2.45) is 33.5 Å². The molecule has 2 heteroatoms. The van der Waals surface area contributed by atoms with Crippen LogP contribution in [0.25, 0.3) is 0 Å². The van der Waals surface area contributed by atoms with Gasteiger partial charge in [0, 0.05) is 0 Å². The third-order valence-corrected chi connectivity index (χ3v) is 11.3. The third-order valence-electron chi connectivity index (χ3n) is 11.3. The van der Waals surface area contributed by atoms with Crippen LogP contribution in [-0.2, 0) is 0 Å².